The molecule has 1 aromatic rings. The summed E-state index contributed by atoms with van der Waals surface area (Å²) >= 11 is 6.14. The molecule has 18 heavy (non-hydrogen) atoms. The Bertz CT molecular complexity index is 456. The predicted octanol–water partition coefficient (Wildman–Crippen LogP) is 3.57. The Morgan fingerprint density at radius 2 is 2.11 bits per heavy atom. The fourth-order valence-electron chi connectivity index (χ4n) is 3.53. The van der Waals surface area contributed by atoms with E-state index in [9.17, 15) is 4.79 Å². The predicted molar refractivity (Wildman–Crippen MR) is 70.8 cm³/mol. The third kappa shape index (κ3) is 1.89. The summed E-state index contributed by atoms with van der Waals surface area (Å²) in [5.74, 6) is 1.74. The lowest BCUT2D eigenvalue weighted by Gasteiger charge is -2.05. The fourth-order valence-corrected chi connectivity index (χ4v) is 3.76. The smallest absolute Gasteiger partial charge is 0.186 e. The summed E-state index contributed by atoms with van der Waals surface area (Å²) < 4.78 is 1.79. The summed E-state index contributed by atoms with van der Waals surface area (Å²) in [5, 5.41) is 4.74. The molecular weight excluding hydrogens is 248 g/mol. The first kappa shape index (κ1) is 12.2. The number of halogens is 1. The van der Waals surface area contributed by atoms with E-state index >= 15 is 0 Å². The van der Waals surface area contributed by atoms with Crippen LogP contribution in [-0.4, -0.2) is 15.6 Å². The van der Waals surface area contributed by atoms with Crippen LogP contribution in [0.3, 0.4) is 0 Å². The van der Waals surface area contributed by atoms with E-state index in [1.807, 2.05) is 0 Å². The van der Waals surface area contributed by atoms with Crippen molar-refractivity contribution in [1.82, 2.24) is 9.78 Å². The summed E-state index contributed by atoms with van der Waals surface area (Å²) in [4.78, 5) is 12.6. The molecule has 1 aromatic heterocycles. The van der Waals surface area contributed by atoms with Gasteiger partial charge in [-0.15, -0.1) is 0 Å². The minimum Gasteiger partial charge on any atom is -0.292 e. The van der Waals surface area contributed by atoms with Crippen LogP contribution in [0, 0.1) is 17.8 Å². The highest BCUT2D eigenvalue weighted by Crippen LogP contribution is 2.56. The lowest BCUT2D eigenvalue weighted by Crippen LogP contribution is -2.13. The first-order valence-electron chi connectivity index (χ1n) is 6.99. The van der Waals surface area contributed by atoms with E-state index < -0.39 is 0 Å². The van der Waals surface area contributed by atoms with Crippen molar-refractivity contribution in [2.45, 2.75) is 45.6 Å². The summed E-state index contributed by atoms with van der Waals surface area (Å²) in [6, 6.07) is 0. The fraction of sp³-hybridized carbons (Fsp3) is 0.714. The van der Waals surface area contributed by atoms with Crippen molar-refractivity contribution in [2.75, 3.05) is 0 Å². The summed E-state index contributed by atoms with van der Waals surface area (Å²) in [6.45, 7) is 2.86. The molecule has 0 bridgehead atoms. The zero-order chi connectivity index (χ0) is 12.7. The summed E-state index contributed by atoms with van der Waals surface area (Å²) in [5.41, 5.74) is 0.651. The van der Waals surface area contributed by atoms with Gasteiger partial charge in [-0.3, -0.25) is 9.48 Å². The second kappa shape index (κ2) is 4.69. The highest BCUT2D eigenvalue weighted by Gasteiger charge is 2.55. The van der Waals surface area contributed by atoms with Gasteiger partial charge in [-0.2, -0.15) is 5.10 Å². The van der Waals surface area contributed by atoms with Crippen LogP contribution in [0.4, 0.5) is 0 Å². The zero-order valence-corrected chi connectivity index (χ0v) is 11.5. The lowest BCUT2D eigenvalue weighted by atomic mass is 10.0. The number of ketones is 1. The van der Waals surface area contributed by atoms with Gasteiger partial charge < -0.3 is 0 Å². The molecule has 2 fully saturated rings. The molecule has 2 saturated carbocycles. The molecule has 0 aromatic carbocycles. The topological polar surface area (TPSA) is 34.9 Å². The molecule has 98 valence electrons. The van der Waals surface area contributed by atoms with E-state index in [1.165, 1.54) is 25.7 Å². The maximum Gasteiger partial charge on any atom is 0.186 e. The monoisotopic (exact) mass is 266 g/mol. The number of hydrogen-bond donors (Lipinski definition) is 0. The van der Waals surface area contributed by atoms with Crippen LogP contribution in [0.5, 0.6) is 0 Å². The van der Waals surface area contributed by atoms with Crippen molar-refractivity contribution in [3.63, 3.8) is 0 Å². The number of nitrogens with zero attached hydrogens (tertiary/aromatic N) is 2. The van der Waals surface area contributed by atoms with Crippen LogP contribution in [0.2, 0.25) is 5.02 Å². The number of Topliss-reactive ketones (excluding diaryl/α,β-unsaturated/α-hetero) is 1. The molecule has 0 saturated heterocycles. The van der Waals surface area contributed by atoms with E-state index in [1.54, 1.807) is 10.9 Å². The number of aromatic nitrogens is 2. The van der Waals surface area contributed by atoms with Gasteiger partial charge in [0.1, 0.15) is 5.69 Å². The van der Waals surface area contributed by atoms with Crippen molar-refractivity contribution >= 4 is 17.4 Å². The molecule has 2 atom stereocenters. The molecule has 1 heterocycles. The molecular formula is C14H19ClN2O. The Hall–Kier alpha value is -0.830. The molecule has 3 nitrogen and oxygen atoms in total. The Kier molecular flexibility index (Phi) is 3.18. The van der Waals surface area contributed by atoms with Crippen LogP contribution in [0.1, 0.15) is 49.5 Å². The van der Waals surface area contributed by atoms with Crippen LogP contribution >= 0.6 is 11.6 Å². The number of aryl methyl sites for hydroxylation is 1. The molecule has 0 spiro atoms. The van der Waals surface area contributed by atoms with Crippen molar-refractivity contribution in [3.8, 4) is 0 Å². The van der Waals surface area contributed by atoms with Crippen molar-refractivity contribution in [2.24, 2.45) is 17.8 Å². The van der Waals surface area contributed by atoms with Gasteiger partial charge in [-0.1, -0.05) is 31.4 Å². The van der Waals surface area contributed by atoms with Gasteiger partial charge in [-0.25, -0.2) is 0 Å². The van der Waals surface area contributed by atoms with Crippen molar-refractivity contribution in [1.29, 1.82) is 0 Å². The maximum atomic E-state index is 12.6. The largest absolute Gasteiger partial charge is 0.292 e. The zero-order valence-electron chi connectivity index (χ0n) is 10.7. The van der Waals surface area contributed by atoms with Crippen molar-refractivity contribution < 1.29 is 4.79 Å². The number of carbonyl (C=O) groups is 1. The van der Waals surface area contributed by atoms with Crippen LogP contribution < -0.4 is 0 Å². The molecule has 0 N–H and O–H groups in total. The van der Waals surface area contributed by atoms with Crippen LogP contribution in [-0.2, 0) is 6.54 Å². The van der Waals surface area contributed by atoms with Crippen molar-refractivity contribution in [3.05, 3.63) is 16.9 Å². The normalized spacial score (nSPS) is 30.0. The average Bonchev–Trinajstić information content (AvgIpc) is 3.00. The average molecular weight is 267 g/mol. The summed E-state index contributed by atoms with van der Waals surface area (Å²) in [7, 11) is 0. The quantitative estimate of drug-likeness (QED) is 0.781. The molecule has 0 amide bonds. The Labute approximate surface area is 113 Å². The number of rotatable bonds is 4. The first-order valence-corrected chi connectivity index (χ1v) is 7.37. The van der Waals surface area contributed by atoms with Gasteiger partial charge in [0.2, 0.25) is 0 Å². The highest BCUT2D eigenvalue weighted by molar-refractivity contribution is 6.33. The molecule has 3 rings (SSSR count). The van der Waals surface area contributed by atoms with Gasteiger partial charge in [0, 0.05) is 12.5 Å². The number of carbonyl (C=O) groups excluding carboxylic acids is 1. The first-order chi connectivity index (χ1) is 8.74. The molecule has 2 unspecified atom stereocenters. The number of fused-ring (bicyclic) bond motifs is 1. The summed E-state index contributed by atoms with van der Waals surface area (Å²) in [6.07, 6.45) is 7.59. The van der Waals surface area contributed by atoms with Gasteiger partial charge >= 0.3 is 0 Å². The van der Waals surface area contributed by atoms with E-state index in [4.69, 9.17) is 11.6 Å². The number of hydrogen-bond acceptors (Lipinski definition) is 2. The minimum absolute atomic E-state index is 0.234. The van der Waals surface area contributed by atoms with Gasteiger partial charge in [0.15, 0.2) is 5.78 Å². The van der Waals surface area contributed by atoms with E-state index in [-0.39, 0.29) is 11.7 Å². The lowest BCUT2D eigenvalue weighted by molar-refractivity contribution is 0.0945. The molecule has 0 aliphatic heterocycles. The van der Waals surface area contributed by atoms with E-state index in [0.29, 0.717) is 22.6 Å². The van der Waals surface area contributed by atoms with E-state index in [2.05, 4.69) is 12.0 Å². The Morgan fingerprint density at radius 1 is 1.44 bits per heavy atom. The van der Waals surface area contributed by atoms with Crippen LogP contribution in [0.15, 0.2) is 6.20 Å². The maximum absolute atomic E-state index is 12.6. The molecule has 4 heteroatoms. The van der Waals surface area contributed by atoms with Crippen LogP contribution in [0.25, 0.3) is 0 Å². The Balaban J connectivity index is 1.82. The van der Waals surface area contributed by atoms with E-state index in [0.717, 1.165) is 13.0 Å². The molecule has 0 radical (unpaired) electrons. The Morgan fingerprint density at radius 3 is 2.72 bits per heavy atom. The molecule has 2 aliphatic rings. The van der Waals surface area contributed by atoms with Gasteiger partial charge in [0.25, 0.3) is 0 Å². The molecule has 2 aliphatic carbocycles. The second-order valence-corrected chi connectivity index (χ2v) is 5.97. The standard InChI is InChI=1S/C14H19ClN2O/c1-2-7-17-13(11(15)8-16-17)14(18)12-9-5-3-4-6-10(9)12/h8-10,12H,2-7H2,1H3. The highest BCUT2D eigenvalue weighted by atomic mass is 35.5. The third-order valence-corrected chi connectivity index (χ3v) is 4.70. The minimum atomic E-state index is 0.234. The SMILES string of the molecule is CCCn1ncc(Cl)c1C(=O)C1C2CCCCC21. The van der Waals surface area contributed by atoms with Gasteiger partial charge in [0.05, 0.1) is 11.2 Å². The second-order valence-electron chi connectivity index (χ2n) is 5.57. The third-order valence-electron chi connectivity index (χ3n) is 4.42. The van der Waals surface area contributed by atoms with Gasteiger partial charge in [-0.05, 0) is 31.1 Å².